The number of hydrogen-bond donors (Lipinski definition) is 4. The fourth-order valence-electron chi connectivity index (χ4n) is 3.84. The standard InChI is InChI=1S/C28H30F3N5O6/c1-2-41-22-15-19(10-11-20(22)18-7-4-3-5-8-18)21(16-25(39)42-26(40)28(29,30)31)36-24(38)17-35-23(37)9-6-12-32-27-33-13-14-34-27/h3-5,7-8,10-11,13-15,21H,2,6,9,12,16-17H2,1H3,(H,35,37)(H,36,38)(H2,32,33,34). The van der Waals surface area contributed by atoms with E-state index in [2.05, 4.69) is 30.7 Å². The molecule has 0 radical (unpaired) electrons. The van der Waals surface area contributed by atoms with Crippen LogP contribution in [0.4, 0.5) is 19.1 Å². The number of anilines is 1. The highest BCUT2D eigenvalue weighted by Gasteiger charge is 2.42. The van der Waals surface area contributed by atoms with E-state index < -0.39 is 48.9 Å². The quantitative estimate of drug-likeness (QED) is 0.126. The van der Waals surface area contributed by atoms with Crippen molar-refractivity contribution in [3.8, 4) is 16.9 Å². The Labute approximate surface area is 239 Å². The molecule has 0 saturated heterocycles. The van der Waals surface area contributed by atoms with Gasteiger partial charge in [0.15, 0.2) is 5.95 Å². The lowest BCUT2D eigenvalue weighted by Crippen LogP contribution is -2.39. The molecule has 14 heteroatoms. The van der Waals surface area contributed by atoms with Gasteiger partial charge in [-0.2, -0.15) is 13.2 Å². The Morgan fingerprint density at radius 3 is 2.48 bits per heavy atom. The molecule has 2 amide bonds. The Bertz CT molecular complexity index is 1350. The summed E-state index contributed by atoms with van der Waals surface area (Å²) in [4.78, 5) is 55.2. The molecule has 3 rings (SSSR count). The number of ether oxygens (including phenoxy) is 2. The third kappa shape index (κ3) is 9.94. The Kier molecular flexibility index (Phi) is 11.5. The van der Waals surface area contributed by atoms with Crippen LogP contribution in [0.15, 0.2) is 60.9 Å². The summed E-state index contributed by atoms with van der Waals surface area (Å²) in [5.74, 6) is -4.34. The molecule has 3 aromatic rings. The summed E-state index contributed by atoms with van der Waals surface area (Å²) in [6, 6.07) is 12.8. The molecule has 4 N–H and O–H groups in total. The van der Waals surface area contributed by atoms with Gasteiger partial charge in [-0.1, -0.05) is 42.5 Å². The average molecular weight is 590 g/mol. The van der Waals surface area contributed by atoms with Gasteiger partial charge in [-0.3, -0.25) is 14.4 Å². The Balaban J connectivity index is 1.69. The highest BCUT2D eigenvalue weighted by Crippen LogP contribution is 2.33. The summed E-state index contributed by atoms with van der Waals surface area (Å²) in [5, 5.41) is 7.96. The van der Waals surface area contributed by atoms with Crippen molar-refractivity contribution >= 4 is 29.7 Å². The predicted molar refractivity (Wildman–Crippen MR) is 145 cm³/mol. The second-order valence-corrected chi connectivity index (χ2v) is 8.88. The molecular weight excluding hydrogens is 559 g/mol. The van der Waals surface area contributed by atoms with Crippen LogP contribution in [0.3, 0.4) is 0 Å². The van der Waals surface area contributed by atoms with Crippen molar-refractivity contribution in [2.24, 2.45) is 0 Å². The van der Waals surface area contributed by atoms with Crippen LogP contribution in [0, 0.1) is 0 Å². The van der Waals surface area contributed by atoms with Crippen molar-refractivity contribution in [3.63, 3.8) is 0 Å². The van der Waals surface area contributed by atoms with Crippen LogP contribution in [0.25, 0.3) is 11.1 Å². The Hall–Kier alpha value is -4.88. The number of carbonyl (C=O) groups excluding carboxylic acids is 4. The predicted octanol–water partition coefficient (Wildman–Crippen LogP) is 3.66. The van der Waals surface area contributed by atoms with Crippen LogP contribution in [-0.4, -0.2) is 59.6 Å². The molecule has 0 fully saturated rings. The number of aromatic nitrogens is 2. The van der Waals surface area contributed by atoms with Crippen molar-refractivity contribution in [1.82, 2.24) is 20.6 Å². The molecule has 224 valence electrons. The molecule has 1 unspecified atom stereocenters. The molecular formula is C28H30F3N5O6. The number of nitrogens with one attached hydrogen (secondary N) is 4. The van der Waals surface area contributed by atoms with Gasteiger partial charge in [-0.25, -0.2) is 9.78 Å². The van der Waals surface area contributed by atoms with Gasteiger partial charge >= 0.3 is 18.1 Å². The zero-order valence-electron chi connectivity index (χ0n) is 22.6. The number of imidazole rings is 1. The van der Waals surface area contributed by atoms with Gasteiger partial charge in [-0.05, 0) is 30.5 Å². The van der Waals surface area contributed by atoms with E-state index in [1.165, 1.54) is 0 Å². The molecule has 0 aliphatic carbocycles. The molecule has 0 saturated carbocycles. The van der Waals surface area contributed by atoms with Crippen LogP contribution < -0.4 is 20.7 Å². The largest absolute Gasteiger partial charge is 0.493 e. The number of esters is 2. The maximum absolute atomic E-state index is 12.7. The van der Waals surface area contributed by atoms with Gasteiger partial charge in [0.1, 0.15) is 5.75 Å². The van der Waals surface area contributed by atoms with Crippen molar-refractivity contribution in [2.75, 3.05) is 25.0 Å². The van der Waals surface area contributed by atoms with E-state index in [0.29, 0.717) is 35.8 Å². The van der Waals surface area contributed by atoms with E-state index in [9.17, 15) is 32.3 Å². The number of halogens is 3. The Morgan fingerprint density at radius 2 is 1.81 bits per heavy atom. The molecule has 42 heavy (non-hydrogen) atoms. The van der Waals surface area contributed by atoms with Gasteiger partial charge in [0, 0.05) is 30.9 Å². The van der Waals surface area contributed by atoms with E-state index >= 15 is 0 Å². The molecule has 0 spiro atoms. The SMILES string of the molecule is CCOc1cc(C(CC(=O)OC(=O)C(F)(F)F)NC(=O)CNC(=O)CCCNc2ncc[nH]2)ccc1-c1ccccc1. The van der Waals surface area contributed by atoms with Crippen molar-refractivity contribution < 1.29 is 41.8 Å². The highest BCUT2D eigenvalue weighted by atomic mass is 19.4. The first-order valence-electron chi connectivity index (χ1n) is 13.0. The average Bonchev–Trinajstić information content (AvgIpc) is 3.48. The van der Waals surface area contributed by atoms with Crippen LogP contribution in [0.2, 0.25) is 0 Å². The fraction of sp³-hybridized carbons (Fsp3) is 0.321. The summed E-state index contributed by atoms with van der Waals surface area (Å²) in [7, 11) is 0. The van der Waals surface area contributed by atoms with E-state index in [1.807, 2.05) is 30.3 Å². The van der Waals surface area contributed by atoms with E-state index in [-0.39, 0.29) is 13.0 Å². The minimum atomic E-state index is -5.37. The molecule has 0 bridgehead atoms. The molecule has 1 heterocycles. The van der Waals surface area contributed by atoms with Gasteiger partial charge < -0.3 is 30.4 Å². The van der Waals surface area contributed by atoms with Crippen LogP contribution >= 0.6 is 0 Å². The zero-order valence-corrected chi connectivity index (χ0v) is 22.6. The lowest BCUT2D eigenvalue weighted by molar-refractivity contribution is -0.202. The summed E-state index contributed by atoms with van der Waals surface area (Å²) in [6.07, 6.45) is -2.39. The first-order valence-corrected chi connectivity index (χ1v) is 13.0. The summed E-state index contributed by atoms with van der Waals surface area (Å²) < 4.78 is 47.5. The van der Waals surface area contributed by atoms with Crippen LogP contribution in [0.5, 0.6) is 5.75 Å². The Morgan fingerprint density at radius 1 is 1.05 bits per heavy atom. The molecule has 0 aliphatic heterocycles. The first kappa shape index (κ1) is 31.6. The van der Waals surface area contributed by atoms with Crippen LogP contribution in [-0.2, 0) is 23.9 Å². The number of alkyl halides is 3. The van der Waals surface area contributed by atoms with E-state index in [1.54, 1.807) is 37.5 Å². The second kappa shape index (κ2) is 15.2. The second-order valence-electron chi connectivity index (χ2n) is 8.88. The van der Waals surface area contributed by atoms with Crippen molar-refractivity contribution in [3.05, 3.63) is 66.5 Å². The van der Waals surface area contributed by atoms with Gasteiger partial charge in [0.25, 0.3) is 0 Å². The van der Waals surface area contributed by atoms with Crippen LogP contribution in [0.1, 0.15) is 37.8 Å². The van der Waals surface area contributed by atoms with Gasteiger partial charge in [0.2, 0.25) is 11.8 Å². The van der Waals surface area contributed by atoms with Gasteiger partial charge in [0.05, 0.1) is 25.6 Å². The van der Waals surface area contributed by atoms with Crippen molar-refractivity contribution in [1.29, 1.82) is 0 Å². The molecule has 2 aromatic carbocycles. The first-order chi connectivity index (χ1) is 20.1. The summed E-state index contributed by atoms with van der Waals surface area (Å²) >= 11 is 0. The molecule has 1 atom stereocenters. The summed E-state index contributed by atoms with van der Waals surface area (Å²) in [6.45, 7) is 2.04. The van der Waals surface area contributed by atoms with Crippen molar-refractivity contribution in [2.45, 2.75) is 38.4 Å². The maximum atomic E-state index is 12.7. The topological polar surface area (TPSA) is 152 Å². The smallest absolute Gasteiger partial charge is 0.491 e. The third-order valence-electron chi connectivity index (χ3n) is 5.75. The number of H-pyrrole nitrogens is 1. The normalized spacial score (nSPS) is 11.7. The number of hydrogen-bond acceptors (Lipinski definition) is 8. The minimum Gasteiger partial charge on any atom is -0.493 e. The zero-order chi connectivity index (χ0) is 30.5. The number of nitrogens with zero attached hydrogens (tertiary/aromatic N) is 1. The maximum Gasteiger partial charge on any atom is 0.491 e. The van der Waals surface area contributed by atoms with Gasteiger partial charge in [-0.15, -0.1) is 0 Å². The van der Waals surface area contributed by atoms with E-state index in [0.717, 1.165) is 5.56 Å². The number of aromatic amines is 1. The fourth-order valence-corrected chi connectivity index (χ4v) is 3.84. The lowest BCUT2D eigenvalue weighted by atomic mass is 9.97. The number of benzene rings is 2. The molecule has 1 aromatic heterocycles. The number of rotatable bonds is 14. The third-order valence-corrected chi connectivity index (χ3v) is 5.75. The molecule has 0 aliphatic rings. The number of amides is 2. The minimum absolute atomic E-state index is 0.106. The lowest BCUT2D eigenvalue weighted by Gasteiger charge is -2.21. The molecule has 11 nitrogen and oxygen atoms in total. The highest BCUT2D eigenvalue weighted by molar-refractivity contribution is 5.89. The number of carbonyl (C=O) groups is 4. The monoisotopic (exact) mass is 589 g/mol. The summed E-state index contributed by atoms with van der Waals surface area (Å²) in [5.41, 5.74) is 1.83. The van der Waals surface area contributed by atoms with E-state index in [4.69, 9.17) is 4.74 Å².